The average Bonchev–Trinajstić information content (AvgIpc) is 4.05. The lowest BCUT2D eigenvalue weighted by Crippen LogP contribution is -2.58. The van der Waals surface area contributed by atoms with Crippen LogP contribution in [-0.2, 0) is 29.4 Å². The number of carbonyl (C=O) groups is 5. The van der Waals surface area contributed by atoms with Gasteiger partial charge in [-0.05, 0) is 152 Å². The van der Waals surface area contributed by atoms with Crippen molar-refractivity contribution in [2.45, 2.75) is 159 Å². The Morgan fingerprint density at radius 1 is 0.781 bits per heavy atom. The first-order chi connectivity index (χ1) is 35.5. The molecule has 73 heavy (non-hydrogen) atoms. The molecule has 4 aromatic rings. The van der Waals surface area contributed by atoms with Gasteiger partial charge < -0.3 is 34.4 Å². The molecule has 0 radical (unpaired) electrons. The first kappa shape index (κ1) is 48.1. The zero-order chi connectivity index (χ0) is 50.0. The van der Waals surface area contributed by atoms with Gasteiger partial charge in [0.2, 0.25) is 29.5 Å². The minimum atomic E-state index is -0.671. The van der Waals surface area contributed by atoms with E-state index in [1.54, 1.807) is 6.20 Å². The van der Waals surface area contributed by atoms with Gasteiger partial charge in [0.15, 0.2) is 5.82 Å². The second kappa shape index (κ2) is 19.7. The van der Waals surface area contributed by atoms with E-state index >= 15 is 4.79 Å². The number of carbonyl (C=O) groups excluding carboxylic acids is 5. The summed E-state index contributed by atoms with van der Waals surface area (Å²) in [6, 6.07) is 13.9. The van der Waals surface area contributed by atoms with Crippen molar-refractivity contribution in [2.24, 2.45) is 11.8 Å². The fraction of sp³-hybridized carbons (Fsp3) is 0.614. The summed E-state index contributed by atoms with van der Waals surface area (Å²) < 4.78 is 2.20. The van der Waals surface area contributed by atoms with Crippen LogP contribution in [0.4, 0.5) is 17.3 Å². The molecule has 5 saturated heterocycles. The molecule has 2 N–H and O–H groups in total. The number of piperidine rings is 5. The van der Waals surface area contributed by atoms with Crippen LogP contribution in [0.1, 0.15) is 146 Å². The topological polar surface area (TPSA) is 169 Å². The molecule has 6 aliphatic heterocycles. The van der Waals surface area contributed by atoms with Crippen LogP contribution in [-0.4, -0.2) is 134 Å². The summed E-state index contributed by atoms with van der Waals surface area (Å²) in [7, 11) is 0. The van der Waals surface area contributed by atoms with Crippen LogP contribution < -0.4 is 20.4 Å². The van der Waals surface area contributed by atoms with Crippen molar-refractivity contribution in [1.29, 1.82) is 0 Å². The molecule has 7 fully saturated rings. The van der Waals surface area contributed by atoms with E-state index in [1.165, 1.54) is 19.3 Å². The zero-order valence-corrected chi connectivity index (χ0v) is 42.9. The van der Waals surface area contributed by atoms with E-state index in [0.717, 1.165) is 135 Å². The van der Waals surface area contributed by atoms with Crippen LogP contribution >= 0.6 is 0 Å². The van der Waals surface area contributed by atoms with Crippen molar-refractivity contribution in [3.8, 4) is 11.3 Å². The number of imidazole rings is 1. The number of aromatic nitrogens is 4. The van der Waals surface area contributed by atoms with E-state index in [0.29, 0.717) is 76.2 Å². The van der Waals surface area contributed by atoms with Crippen molar-refractivity contribution in [1.82, 2.24) is 39.5 Å². The summed E-state index contributed by atoms with van der Waals surface area (Å²) in [6.07, 6.45) is 18.4. The monoisotopic (exact) mass is 992 g/mol. The van der Waals surface area contributed by atoms with Gasteiger partial charge in [0.05, 0.1) is 28.9 Å². The standard InChI is InChI=1S/C57H73N11O5/c1-36(2)67-35-59-47-32-46(61-54(53(47)67)60-41-10-11-41)39-8-13-45-48(29-39)68(43-30-42(31-43)63-20-4-3-5-21-63)56(73)57(45)18-25-65(26-19-57)51(70)28-38-7-6-22-66(34-38)52(71)27-37-16-23-64(24-17-37)49-14-9-40(33-58-49)44-12-15-50(69)62-55(44)72/h8-9,13-14,29,32-33,35-38,41-44H,3-7,10-12,15-28,30-31,34H2,1-2H3,(H,60,61)(H,62,69,72)/t38-,42-,43+,44?/m1/s1. The highest BCUT2D eigenvalue weighted by Gasteiger charge is 2.56. The van der Waals surface area contributed by atoms with Gasteiger partial charge in [-0.15, -0.1) is 0 Å². The Morgan fingerprint density at radius 2 is 1.55 bits per heavy atom. The average molecular weight is 992 g/mol. The smallest absolute Gasteiger partial charge is 0.238 e. The first-order valence-electron chi connectivity index (χ1n) is 27.9. The molecule has 12 rings (SSSR count). The summed E-state index contributed by atoms with van der Waals surface area (Å²) in [4.78, 5) is 93.1. The second-order valence-corrected chi connectivity index (χ2v) is 23.3. The molecule has 0 bridgehead atoms. The van der Waals surface area contributed by atoms with Gasteiger partial charge in [0.25, 0.3) is 0 Å². The molecule has 386 valence electrons. The molecular formula is C57H73N11O5. The minimum absolute atomic E-state index is 0.123. The first-order valence-corrected chi connectivity index (χ1v) is 27.9. The summed E-state index contributed by atoms with van der Waals surface area (Å²) in [5, 5.41) is 6.14. The molecule has 1 aromatic carbocycles. The molecule has 16 nitrogen and oxygen atoms in total. The number of benzene rings is 1. The summed E-state index contributed by atoms with van der Waals surface area (Å²) in [5.74, 6) is 1.86. The third kappa shape index (κ3) is 9.39. The number of nitrogens with zero attached hydrogens (tertiary/aromatic N) is 9. The number of hydrogen-bond donors (Lipinski definition) is 2. The number of amides is 5. The van der Waals surface area contributed by atoms with Gasteiger partial charge in [0.1, 0.15) is 11.3 Å². The third-order valence-electron chi connectivity index (χ3n) is 18.2. The molecule has 16 heteroatoms. The van der Waals surface area contributed by atoms with Crippen molar-refractivity contribution in [3.05, 3.63) is 60.0 Å². The van der Waals surface area contributed by atoms with Gasteiger partial charge in [-0.1, -0.05) is 24.6 Å². The van der Waals surface area contributed by atoms with Gasteiger partial charge in [0, 0.05) is 100 Å². The summed E-state index contributed by atoms with van der Waals surface area (Å²) in [6.45, 7) is 10.7. The number of imide groups is 1. The molecule has 3 aromatic heterocycles. The summed E-state index contributed by atoms with van der Waals surface area (Å²) >= 11 is 0. The van der Waals surface area contributed by atoms with E-state index in [9.17, 15) is 19.2 Å². The lowest BCUT2D eigenvalue weighted by Gasteiger charge is -2.48. The molecule has 1 spiro atoms. The summed E-state index contributed by atoms with van der Waals surface area (Å²) in [5.41, 5.74) is 6.07. The Hall–Kier alpha value is -5.90. The maximum atomic E-state index is 15.2. The molecule has 1 unspecified atom stereocenters. The van der Waals surface area contributed by atoms with E-state index in [-0.39, 0.29) is 53.5 Å². The van der Waals surface area contributed by atoms with Gasteiger partial charge >= 0.3 is 0 Å². The molecule has 2 saturated carbocycles. The van der Waals surface area contributed by atoms with Crippen LogP contribution in [0.15, 0.2) is 48.9 Å². The van der Waals surface area contributed by atoms with Crippen molar-refractivity contribution >= 4 is 57.9 Å². The third-order valence-corrected chi connectivity index (χ3v) is 18.2. The Bertz CT molecular complexity index is 2760. The van der Waals surface area contributed by atoms with Gasteiger partial charge in [-0.3, -0.25) is 29.3 Å². The van der Waals surface area contributed by atoms with Crippen molar-refractivity contribution in [2.75, 3.05) is 67.5 Å². The molecule has 5 amide bonds. The minimum Gasteiger partial charge on any atom is -0.366 e. The highest BCUT2D eigenvalue weighted by molar-refractivity contribution is 6.09. The van der Waals surface area contributed by atoms with Crippen LogP contribution in [0, 0.1) is 11.8 Å². The fourth-order valence-electron chi connectivity index (χ4n) is 13.6. The van der Waals surface area contributed by atoms with E-state index in [4.69, 9.17) is 9.97 Å². The maximum Gasteiger partial charge on any atom is 0.238 e. The molecular weight excluding hydrogens is 919 g/mol. The second-order valence-electron chi connectivity index (χ2n) is 23.3. The highest BCUT2D eigenvalue weighted by Crippen LogP contribution is 2.52. The van der Waals surface area contributed by atoms with Crippen molar-refractivity contribution in [3.63, 3.8) is 0 Å². The number of pyridine rings is 2. The van der Waals surface area contributed by atoms with Crippen LogP contribution in [0.2, 0.25) is 0 Å². The predicted octanol–water partition coefficient (Wildman–Crippen LogP) is 7.33. The van der Waals surface area contributed by atoms with Gasteiger partial charge in [-0.2, -0.15) is 0 Å². The highest BCUT2D eigenvalue weighted by atomic mass is 16.2. The molecule has 8 aliphatic rings. The molecule has 2 aliphatic carbocycles. The number of likely N-dealkylation sites (tertiary alicyclic amines) is 3. The fourth-order valence-corrected chi connectivity index (χ4v) is 13.6. The molecule has 2 atom stereocenters. The number of anilines is 3. The van der Waals surface area contributed by atoms with E-state index < -0.39 is 5.41 Å². The molecule has 9 heterocycles. The number of nitrogens with one attached hydrogen (secondary N) is 2. The van der Waals surface area contributed by atoms with E-state index in [1.807, 2.05) is 28.3 Å². The normalized spacial score (nSPS) is 25.9. The Morgan fingerprint density at radius 3 is 2.27 bits per heavy atom. The quantitative estimate of drug-likeness (QED) is 0.136. The largest absolute Gasteiger partial charge is 0.366 e. The van der Waals surface area contributed by atoms with Crippen LogP contribution in [0.5, 0.6) is 0 Å². The Balaban J connectivity index is 0.683. The zero-order valence-electron chi connectivity index (χ0n) is 42.9. The Kier molecular flexibility index (Phi) is 13.0. The number of fused-ring (bicyclic) bond motifs is 3. The van der Waals surface area contributed by atoms with E-state index in [2.05, 4.69) is 73.0 Å². The Labute approximate surface area is 429 Å². The van der Waals surface area contributed by atoms with Crippen LogP contribution in [0.25, 0.3) is 22.3 Å². The van der Waals surface area contributed by atoms with Gasteiger partial charge in [-0.25, -0.2) is 15.0 Å². The number of rotatable bonds is 12. The lowest BCUT2D eigenvalue weighted by atomic mass is 9.73. The lowest BCUT2D eigenvalue weighted by molar-refractivity contribution is -0.139. The van der Waals surface area contributed by atoms with Crippen molar-refractivity contribution < 1.29 is 24.0 Å². The maximum absolute atomic E-state index is 15.2. The van der Waals surface area contributed by atoms with Crippen LogP contribution in [0.3, 0.4) is 0 Å². The predicted molar refractivity (Wildman–Crippen MR) is 280 cm³/mol. The SMILES string of the molecule is CC(C)n1cnc2cc(-c3ccc4c(c3)N([C@H]3C[C@@H](N5CCCCC5)C3)C(=O)C43CCN(C(=O)C[C@H]4CCCN(C(=O)CC5CCN(c6ccc(C7CCC(=O)NC7=O)cn6)CC5)C4)CC3)nc(NC3CC3)c21. The number of hydrogen-bond acceptors (Lipinski definition) is 11.